The molecule has 0 saturated heterocycles. The third-order valence-corrected chi connectivity index (χ3v) is 5.23. The van der Waals surface area contributed by atoms with Gasteiger partial charge in [0.25, 0.3) is 0 Å². The number of hydrogen-bond donors (Lipinski definition) is 1. The van der Waals surface area contributed by atoms with E-state index in [1.165, 1.54) is 10.1 Å². The third-order valence-electron chi connectivity index (χ3n) is 3.85. The van der Waals surface area contributed by atoms with Crippen LogP contribution >= 0.6 is 22.9 Å². The van der Waals surface area contributed by atoms with Gasteiger partial charge in [-0.15, -0.1) is 11.3 Å². The molecule has 1 N–H and O–H groups in total. The molecular weight excluding hydrogens is 342 g/mol. The van der Waals surface area contributed by atoms with E-state index in [0.29, 0.717) is 17.3 Å². The molecule has 0 bridgehead atoms. The van der Waals surface area contributed by atoms with Gasteiger partial charge in [-0.1, -0.05) is 35.9 Å². The van der Waals surface area contributed by atoms with E-state index in [1.54, 1.807) is 24.8 Å². The standard InChI is InChI=1S/C18H14ClN3OS/c1-23-14-7-6-11(8-13(14)19)9-20-17-16-12-4-2-3-5-15(12)24-18(16)22-10-21-17/h2-8,10H,9H2,1H3,(H,20,21,22). The summed E-state index contributed by atoms with van der Waals surface area (Å²) in [5.41, 5.74) is 1.06. The van der Waals surface area contributed by atoms with Gasteiger partial charge in [-0.3, -0.25) is 0 Å². The minimum absolute atomic E-state index is 0.602. The molecule has 0 radical (unpaired) electrons. The fraction of sp³-hybridized carbons (Fsp3) is 0.111. The SMILES string of the molecule is COc1ccc(CNc2ncnc3sc4ccccc4c23)cc1Cl. The Hall–Kier alpha value is -2.37. The highest BCUT2D eigenvalue weighted by molar-refractivity contribution is 7.25. The average molecular weight is 356 g/mol. The Balaban J connectivity index is 1.68. The lowest BCUT2D eigenvalue weighted by Crippen LogP contribution is -2.02. The van der Waals surface area contributed by atoms with Crippen LogP contribution in [-0.4, -0.2) is 17.1 Å². The fourth-order valence-electron chi connectivity index (χ4n) is 2.70. The summed E-state index contributed by atoms with van der Waals surface area (Å²) in [7, 11) is 1.61. The number of aromatic nitrogens is 2. The van der Waals surface area contributed by atoms with Gasteiger partial charge in [0.15, 0.2) is 0 Å². The van der Waals surface area contributed by atoms with Crippen molar-refractivity contribution in [3.05, 3.63) is 59.4 Å². The van der Waals surface area contributed by atoms with Crippen LogP contribution in [0.15, 0.2) is 48.8 Å². The second-order valence-corrected chi connectivity index (χ2v) is 6.76. The maximum atomic E-state index is 6.19. The zero-order valence-electron chi connectivity index (χ0n) is 12.9. The molecule has 4 rings (SSSR count). The zero-order valence-corrected chi connectivity index (χ0v) is 14.5. The van der Waals surface area contributed by atoms with E-state index < -0.39 is 0 Å². The average Bonchev–Trinajstić information content (AvgIpc) is 2.99. The van der Waals surface area contributed by atoms with Crippen molar-refractivity contribution in [2.45, 2.75) is 6.54 Å². The molecule has 0 aliphatic heterocycles. The van der Waals surface area contributed by atoms with Gasteiger partial charge >= 0.3 is 0 Å². The molecule has 24 heavy (non-hydrogen) atoms. The lowest BCUT2D eigenvalue weighted by Gasteiger charge is -2.09. The van der Waals surface area contributed by atoms with Crippen LogP contribution in [0.1, 0.15) is 5.56 Å². The molecule has 6 heteroatoms. The van der Waals surface area contributed by atoms with Crippen molar-refractivity contribution >= 4 is 49.1 Å². The van der Waals surface area contributed by atoms with Crippen LogP contribution in [0.25, 0.3) is 20.3 Å². The smallest absolute Gasteiger partial charge is 0.139 e. The molecule has 4 nitrogen and oxygen atoms in total. The molecule has 0 aliphatic carbocycles. The molecule has 0 fully saturated rings. The Morgan fingerprint density at radius 1 is 1.17 bits per heavy atom. The van der Waals surface area contributed by atoms with Gasteiger partial charge in [0.1, 0.15) is 22.7 Å². The first-order chi connectivity index (χ1) is 11.8. The topological polar surface area (TPSA) is 47.0 Å². The maximum absolute atomic E-state index is 6.19. The van der Waals surface area contributed by atoms with E-state index in [-0.39, 0.29) is 0 Å². The predicted molar refractivity (Wildman–Crippen MR) is 100 cm³/mol. The monoisotopic (exact) mass is 355 g/mol. The van der Waals surface area contributed by atoms with E-state index in [2.05, 4.69) is 27.4 Å². The fourth-order valence-corrected chi connectivity index (χ4v) is 4.02. The first-order valence-electron chi connectivity index (χ1n) is 7.45. The van der Waals surface area contributed by atoms with Gasteiger partial charge in [0.05, 0.1) is 17.5 Å². The lowest BCUT2D eigenvalue weighted by atomic mass is 10.2. The van der Waals surface area contributed by atoms with Gasteiger partial charge < -0.3 is 10.1 Å². The highest BCUT2D eigenvalue weighted by Crippen LogP contribution is 2.35. The molecule has 2 heterocycles. The maximum Gasteiger partial charge on any atom is 0.139 e. The van der Waals surface area contributed by atoms with Crippen LogP contribution in [0, 0.1) is 0 Å². The number of methoxy groups -OCH3 is 1. The van der Waals surface area contributed by atoms with E-state index in [9.17, 15) is 0 Å². The number of anilines is 1. The second-order valence-electron chi connectivity index (χ2n) is 5.32. The first kappa shape index (κ1) is 15.2. The Morgan fingerprint density at radius 2 is 2.04 bits per heavy atom. The Kier molecular flexibility index (Phi) is 3.96. The number of nitrogens with zero attached hydrogens (tertiary/aromatic N) is 2. The van der Waals surface area contributed by atoms with E-state index in [0.717, 1.165) is 21.6 Å². The van der Waals surface area contributed by atoms with Crippen LogP contribution < -0.4 is 10.1 Å². The Labute approximate surface area is 148 Å². The largest absolute Gasteiger partial charge is 0.495 e. The number of thiophene rings is 1. The highest BCUT2D eigenvalue weighted by atomic mass is 35.5. The van der Waals surface area contributed by atoms with Crippen molar-refractivity contribution in [1.29, 1.82) is 0 Å². The summed E-state index contributed by atoms with van der Waals surface area (Å²) in [6.07, 6.45) is 1.60. The van der Waals surface area contributed by atoms with Crippen molar-refractivity contribution in [2.75, 3.05) is 12.4 Å². The van der Waals surface area contributed by atoms with Crippen LogP contribution in [0.5, 0.6) is 5.75 Å². The molecule has 120 valence electrons. The predicted octanol–water partition coefficient (Wildman–Crippen LogP) is 5.12. The molecule has 0 unspecified atom stereocenters. The summed E-state index contributed by atoms with van der Waals surface area (Å²) in [4.78, 5) is 9.82. The number of hydrogen-bond acceptors (Lipinski definition) is 5. The number of ether oxygens (including phenoxy) is 1. The van der Waals surface area contributed by atoms with E-state index in [1.807, 2.05) is 30.3 Å². The summed E-state index contributed by atoms with van der Waals surface area (Å²) >= 11 is 7.87. The molecule has 2 aromatic carbocycles. The number of benzene rings is 2. The normalized spacial score (nSPS) is 11.1. The molecular formula is C18H14ClN3OS. The van der Waals surface area contributed by atoms with Crippen LogP contribution in [0.2, 0.25) is 5.02 Å². The van der Waals surface area contributed by atoms with Gasteiger partial charge in [0.2, 0.25) is 0 Å². The van der Waals surface area contributed by atoms with Gasteiger partial charge in [-0.05, 0) is 23.8 Å². The van der Waals surface area contributed by atoms with Crippen molar-refractivity contribution in [3.8, 4) is 5.75 Å². The third kappa shape index (κ3) is 2.66. The summed E-state index contributed by atoms with van der Waals surface area (Å²) in [5, 5.41) is 6.25. The molecule has 0 amide bonds. The molecule has 2 aromatic heterocycles. The number of rotatable bonds is 4. The van der Waals surface area contributed by atoms with Crippen molar-refractivity contribution in [1.82, 2.24) is 9.97 Å². The van der Waals surface area contributed by atoms with Crippen LogP contribution in [0.4, 0.5) is 5.82 Å². The summed E-state index contributed by atoms with van der Waals surface area (Å²) in [5.74, 6) is 1.51. The van der Waals surface area contributed by atoms with Gasteiger partial charge in [-0.25, -0.2) is 9.97 Å². The molecule has 0 aliphatic rings. The summed E-state index contributed by atoms with van der Waals surface area (Å²) in [6, 6.07) is 14.0. The Bertz CT molecular complexity index is 1030. The van der Waals surface area contributed by atoms with E-state index >= 15 is 0 Å². The summed E-state index contributed by atoms with van der Waals surface area (Å²) in [6.45, 7) is 0.625. The first-order valence-corrected chi connectivity index (χ1v) is 8.64. The molecule has 0 saturated carbocycles. The van der Waals surface area contributed by atoms with Crippen molar-refractivity contribution in [3.63, 3.8) is 0 Å². The summed E-state index contributed by atoms with van der Waals surface area (Å²) < 4.78 is 6.40. The van der Waals surface area contributed by atoms with Crippen molar-refractivity contribution < 1.29 is 4.74 Å². The highest BCUT2D eigenvalue weighted by Gasteiger charge is 2.11. The van der Waals surface area contributed by atoms with Crippen LogP contribution in [-0.2, 0) is 6.54 Å². The van der Waals surface area contributed by atoms with Crippen LogP contribution in [0.3, 0.4) is 0 Å². The molecule has 0 atom stereocenters. The number of nitrogens with one attached hydrogen (secondary N) is 1. The van der Waals surface area contributed by atoms with E-state index in [4.69, 9.17) is 16.3 Å². The molecule has 0 spiro atoms. The number of fused-ring (bicyclic) bond motifs is 3. The van der Waals surface area contributed by atoms with Gasteiger partial charge in [0, 0.05) is 16.6 Å². The molecule has 4 aromatic rings. The van der Waals surface area contributed by atoms with Gasteiger partial charge in [-0.2, -0.15) is 0 Å². The lowest BCUT2D eigenvalue weighted by molar-refractivity contribution is 0.415. The minimum Gasteiger partial charge on any atom is -0.495 e. The Morgan fingerprint density at radius 3 is 2.88 bits per heavy atom. The minimum atomic E-state index is 0.602. The number of halogens is 1. The van der Waals surface area contributed by atoms with Crippen molar-refractivity contribution in [2.24, 2.45) is 0 Å². The zero-order chi connectivity index (χ0) is 16.5. The second kappa shape index (κ2) is 6.26. The quantitative estimate of drug-likeness (QED) is 0.552.